The Hall–Kier alpha value is -2.46. The van der Waals surface area contributed by atoms with Crippen LogP contribution in [-0.2, 0) is 6.54 Å². The van der Waals surface area contributed by atoms with Crippen molar-refractivity contribution in [2.24, 2.45) is 0 Å². The van der Waals surface area contributed by atoms with Crippen LogP contribution in [0.2, 0.25) is 0 Å². The molecule has 1 aromatic carbocycles. The van der Waals surface area contributed by atoms with Crippen LogP contribution in [0.3, 0.4) is 0 Å². The molecule has 0 aliphatic carbocycles. The van der Waals surface area contributed by atoms with Crippen LogP contribution in [0.4, 0.5) is 0 Å². The lowest BCUT2D eigenvalue weighted by Gasteiger charge is -2.13. The van der Waals surface area contributed by atoms with Crippen LogP contribution in [0.25, 0.3) is 11.3 Å². The molecule has 106 valence electrons. The second-order valence-corrected chi connectivity index (χ2v) is 4.99. The summed E-state index contributed by atoms with van der Waals surface area (Å²) in [6.45, 7) is 2.86. The lowest BCUT2D eigenvalue weighted by atomic mass is 10.1. The number of pyridine rings is 1. The molecule has 0 amide bonds. The monoisotopic (exact) mass is 278 g/mol. The van der Waals surface area contributed by atoms with E-state index in [9.17, 15) is 0 Å². The fourth-order valence-corrected chi connectivity index (χ4v) is 2.30. The Balaban J connectivity index is 1.71. The van der Waals surface area contributed by atoms with Crippen molar-refractivity contribution in [3.8, 4) is 11.3 Å². The molecule has 1 unspecified atom stereocenters. The maximum absolute atomic E-state index is 4.37. The minimum Gasteiger partial charge on any atom is -0.305 e. The lowest BCUT2D eigenvalue weighted by molar-refractivity contribution is 0.562. The Labute approximate surface area is 124 Å². The fourth-order valence-electron chi connectivity index (χ4n) is 2.30. The first-order valence-corrected chi connectivity index (χ1v) is 7.06. The summed E-state index contributed by atoms with van der Waals surface area (Å²) in [5.41, 5.74) is 4.42. The van der Waals surface area contributed by atoms with E-state index in [4.69, 9.17) is 0 Å². The Bertz CT molecular complexity index is 676. The quantitative estimate of drug-likeness (QED) is 0.752. The third-order valence-electron chi connectivity index (χ3n) is 3.51. The third-order valence-corrected chi connectivity index (χ3v) is 3.51. The predicted molar refractivity (Wildman–Crippen MR) is 83.5 cm³/mol. The molecule has 0 saturated heterocycles. The first-order chi connectivity index (χ1) is 10.3. The molecule has 21 heavy (non-hydrogen) atoms. The lowest BCUT2D eigenvalue weighted by Crippen LogP contribution is -2.19. The average molecular weight is 278 g/mol. The zero-order valence-electron chi connectivity index (χ0n) is 12.0. The zero-order chi connectivity index (χ0) is 14.5. The van der Waals surface area contributed by atoms with Crippen molar-refractivity contribution in [3.63, 3.8) is 0 Å². The van der Waals surface area contributed by atoms with Gasteiger partial charge in [0.05, 0.1) is 17.6 Å². The van der Waals surface area contributed by atoms with Crippen molar-refractivity contribution < 1.29 is 0 Å². The smallest absolute Gasteiger partial charge is 0.0695 e. The van der Waals surface area contributed by atoms with Crippen molar-refractivity contribution in [2.45, 2.75) is 19.5 Å². The molecule has 2 aromatic heterocycles. The minimum absolute atomic E-state index is 0.199. The molecule has 0 bridgehead atoms. The number of nitrogens with one attached hydrogen (secondary N) is 2. The number of aromatic nitrogens is 3. The summed E-state index contributed by atoms with van der Waals surface area (Å²) in [7, 11) is 0. The Morgan fingerprint density at radius 2 is 1.90 bits per heavy atom. The molecule has 2 N–H and O–H groups in total. The number of hydrogen-bond donors (Lipinski definition) is 2. The maximum Gasteiger partial charge on any atom is 0.0695 e. The molecule has 3 aromatic rings. The molecule has 4 nitrogen and oxygen atoms in total. The first kappa shape index (κ1) is 13.5. The Kier molecular flexibility index (Phi) is 4.07. The highest BCUT2D eigenvalue weighted by atomic mass is 15.1. The molecule has 0 radical (unpaired) electrons. The first-order valence-electron chi connectivity index (χ1n) is 7.06. The number of benzene rings is 1. The van der Waals surface area contributed by atoms with Crippen molar-refractivity contribution in [1.29, 1.82) is 0 Å². The highest BCUT2D eigenvalue weighted by Crippen LogP contribution is 2.21. The number of hydrogen-bond acceptors (Lipinski definition) is 3. The van der Waals surface area contributed by atoms with Crippen molar-refractivity contribution in [1.82, 2.24) is 20.5 Å². The van der Waals surface area contributed by atoms with Gasteiger partial charge >= 0.3 is 0 Å². The molecule has 0 aliphatic rings. The topological polar surface area (TPSA) is 53.6 Å². The summed E-state index contributed by atoms with van der Waals surface area (Å²) in [5, 5.41) is 10.7. The van der Waals surface area contributed by atoms with Gasteiger partial charge in [0.25, 0.3) is 0 Å². The van der Waals surface area contributed by atoms with E-state index in [2.05, 4.69) is 39.6 Å². The van der Waals surface area contributed by atoms with E-state index < -0.39 is 0 Å². The van der Waals surface area contributed by atoms with E-state index in [1.165, 1.54) is 0 Å². The average Bonchev–Trinajstić information content (AvgIpc) is 3.03. The number of aromatic amines is 1. The molecule has 0 spiro atoms. The Morgan fingerprint density at radius 1 is 1.10 bits per heavy atom. The summed E-state index contributed by atoms with van der Waals surface area (Å²) in [5.74, 6) is 0. The van der Waals surface area contributed by atoms with Crippen LogP contribution in [0.15, 0.2) is 60.9 Å². The molecule has 0 fully saturated rings. The maximum atomic E-state index is 4.37. The van der Waals surface area contributed by atoms with Crippen molar-refractivity contribution >= 4 is 0 Å². The molecular weight excluding hydrogens is 260 g/mol. The summed E-state index contributed by atoms with van der Waals surface area (Å²) < 4.78 is 0. The highest BCUT2D eigenvalue weighted by Gasteiger charge is 2.10. The van der Waals surface area contributed by atoms with E-state index >= 15 is 0 Å². The van der Waals surface area contributed by atoms with Crippen LogP contribution in [0.5, 0.6) is 0 Å². The van der Waals surface area contributed by atoms with E-state index in [-0.39, 0.29) is 6.04 Å². The van der Waals surface area contributed by atoms with Gasteiger partial charge in [-0.25, -0.2) is 0 Å². The fraction of sp³-hybridized carbons (Fsp3) is 0.176. The summed E-state index contributed by atoms with van der Waals surface area (Å²) in [6.07, 6.45) is 3.70. The van der Waals surface area contributed by atoms with Crippen LogP contribution < -0.4 is 5.32 Å². The van der Waals surface area contributed by atoms with Gasteiger partial charge in [-0.3, -0.25) is 10.1 Å². The number of rotatable bonds is 5. The molecule has 4 heteroatoms. The van der Waals surface area contributed by atoms with Gasteiger partial charge in [0.1, 0.15) is 0 Å². The van der Waals surface area contributed by atoms with Gasteiger partial charge in [0, 0.05) is 24.3 Å². The summed E-state index contributed by atoms with van der Waals surface area (Å²) >= 11 is 0. The normalized spacial score (nSPS) is 12.2. The van der Waals surface area contributed by atoms with Crippen LogP contribution in [-0.4, -0.2) is 15.2 Å². The molecule has 0 saturated carbocycles. The standard InChI is InChI=1S/C17H18N4/c1-13(16-9-5-6-10-18-16)19-11-15-12-20-21-17(15)14-7-3-2-4-8-14/h2-10,12-13,19H,11H2,1H3,(H,20,21). The molecule has 3 rings (SSSR count). The summed E-state index contributed by atoms with van der Waals surface area (Å²) in [4.78, 5) is 4.37. The molecule has 2 heterocycles. The van der Waals surface area contributed by atoms with Crippen LogP contribution in [0.1, 0.15) is 24.2 Å². The minimum atomic E-state index is 0.199. The third kappa shape index (κ3) is 3.17. The van der Waals surface area contributed by atoms with E-state index in [1.54, 1.807) is 0 Å². The summed E-state index contributed by atoms with van der Waals surface area (Å²) in [6, 6.07) is 16.4. The Morgan fingerprint density at radius 3 is 2.67 bits per heavy atom. The number of nitrogens with zero attached hydrogens (tertiary/aromatic N) is 2. The molecule has 0 aliphatic heterocycles. The van der Waals surface area contributed by atoms with E-state index in [0.29, 0.717) is 0 Å². The van der Waals surface area contributed by atoms with Gasteiger partial charge in [-0.05, 0) is 24.6 Å². The van der Waals surface area contributed by atoms with E-state index in [1.807, 2.05) is 48.8 Å². The van der Waals surface area contributed by atoms with Gasteiger partial charge in [-0.1, -0.05) is 36.4 Å². The van der Waals surface area contributed by atoms with E-state index in [0.717, 1.165) is 29.1 Å². The largest absolute Gasteiger partial charge is 0.305 e. The van der Waals surface area contributed by atoms with Gasteiger partial charge in [-0.15, -0.1) is 0 Å². The van der Waals surface area contributed by atoms with Gasteiger partial charge in [0.2, 0.25) is 0 Å². The zero-order valence-corrected chi connectivity index (χ0v) is 12.0. The predicted octanol–water partition coefficient (Wildman–Crippen LogP) is 3.32. The van der Waals surface area contributed by atoms with Crippen molar-refractivity contribution in [2.75, 3.05) is 0 Å². The SMILES string of the molecule is CC(NCc1cn[nH]c1-c1ccccc1)c1ccccn1. The molecule has 1 atom stereocenters. The highest BCUT2D eigenvalue weighted by molar-refractivity contribution is 5.62. The van der Waals surface area contributed by atoms with Gasteiger partial charge < -0.3 is 5.32 Å². The van der Waals surface area contributed by atoms with Crippen LogP contribution >= 0.6 is 0 Å². The second kappa shape index (κ2) is 6.33. The van der Waals surface area contributed by atoms with Crippen LogP contribution in [0, 0.1) is 0 Å². The van der Waals surface area contributed by atoms with Crippen molar-refractivity contribution in [3.05, 3.63) is 72.2 Å². The van der Waals surface area contributed by atoms with Gasteiger partial charge in [0.15, 0.2) is 0 Å². The molecular formula is C17H18N4. The van der Waals surface area contributed by atoms with Gasteiger partial charge in [-0.2, -0.15) is 5.10 Å². The number of H-pyrrole nitrogens is 1. The second-order valence-electron chi connectivity index (χ2n) is 4.99.